The van der Waals surface area contributed by atoms with Crippen molar-refractivity contribution in [2.24, 2.45) is 0 Å². The average molecular weight is 273 g/mol. The number of nitrogens with zero attached hydrogens (tertiary/aromatic N) is 1. The average Bonchev–Trinajstić information content (AvgIpc) is 2.45. The molecule has 1 fully saturated rings. The third-order valence-corrected chi connectivity index (χ3v) is 3.46. The highest BCUT2D eigenvalue weighted by Gasteiger charge is 2.23. The summed E-state index contributed by atoms with van der Waals surface area (Å²) in [5, 5.41) is 18.3. The molecule has 1 aliphatic rings. The minimum Gasteiger partial charge on any atom is -0.393 e. The van der Waals surface area contributed by atoms with Crippen LogP contribution in [0.15, 0.2) is 18.2 Å². The number of aliphatic hydroxyl groups excluding tert-OH is 2. The molecule has 4 heteroatoms. The fourth-order valence-corrected chi connectivity index (χ4v) is 2.32. The summed E-state index contributed by atoms with van der Waals surface area (Å²) in [6.45, 7) is 2.86. The highest BCUT2D eigenvalue weighted by atomic mass is 16.3. The summed E-state index contributed by atoms with van der Waals surface area (Å²) in [6.07, 6.45) is 0.940. The van der Waals surface area contributed by atoms with Crippen LogP contribution in [0.2, 0.25) is 0 Å². The van der Waals surface area contributed by atoms with Crippen molar-refractivity contribution in [1.82, 2.24) is 4.90 Å². The molecule has 4 nitrogen and oxygen atoms in total. The SMILES string of the molecule is Cc1ccc(C(=O)N2CCC(O)CC2)c(C#CCO)c1. The van der Waals surface area contributed by atoms with Crippen molar-refractivity contribution in [2.75, 3.05) is 19.7 Å². The lowest BCUT2D eigenvalue weighted by Crippen LogP contribution is -2.40. The van der Waals surface area contributed by atoms with E-state index in [0.29, 0.717) is 37.1 Å². The van der Waals surface area contributed by atoms with Crippen molar-refractivity contribution in [1.29, 1.82) is 0 Å². The smallest absolute Gasteiger partial charge is 0.255 e. The van der Waals surface area contributed by atoms with Crippen molar-refractivity contribution >= 4 is 5.91 Å². The second-order valence-corrected chi connectivity index (χ2v) is 5.03. The molecule has 1 aromatic rings. The summed E-state index contributed by atoms with van der Waals surface area (Å²) < 4.78 is 0. The number of aliphatic hydroxyl groups is 2. The van der Waals surface area contributed by atoms with Gasteiger partial charge in [-0.25, -0.2) is 0 Å². The van der Waals surface area contributed by atoms with Gasteiger partial charge in [0.05, 0.1) is 11.7 Å². The summed E-state index contributed by atoms with van der Waals surface area (Å²) >= 11 is 0. The second-order valence-electron chi connectivity index (χ2n) is 5.03. The second kappa shape index (κ2) is 6.56. The lowest BCUT2D eigenvalue weighted by atomic mass is 10.0. The zero-order chi connectivity index (χ0) is 14.5. The molecule has 0 saturated carbocycles. The Hall–Kier alpha value is -1.83. The van der Waals surface area contributed by atoms with Gasteiger partial charge in [0.1, 0.15) is 6.61 Å². The van der Waals surface area contributed by atoms with Gasteiger partial charge < -0.3 is 15.1 Å². The monoisotopic (exact) mass is 273 g/mol. The summed E-state index contributed by atoms with van der Waals surface area (Å²) in [5.41, 5.74) is 2.24. The van der Waals surface area contributed by atoms with Crippen LogP contribution in [0.3, 0.4) is 0 Å². The lowest BCUT2D eigenvalue weighted by Gasteiger charge is -2.30. The highest BCUT2D eigenvalue weighted by Crippen LogP contribution is 2.17. The number of carbonyl (C=O) groups is 1. The van der Waals surface area contributed by atoms with E-state index in [-0.39, 0.29) is 18.6 Å². The van der Waals surface area contributed by atoms with E-state index in [2.05, 4.69) is 11.8 Å². The maximum absolute atomic E-state index is 12.5. The zero-order valence-electron chi connectivity index (χ0n) is 11.6. The largest absolute Gasteiger partial charge is 0.393 e. The number of rotatable bonds is 1. The highest BCUT2D eigenvalue weighted by molar-refractivity contribution is 5.97. The van der Waals surface area contributed by atoms with E-state index in [9.17, 15) is 9.90 Å². The van der Waals surface area contributed by atoms with Crippen LogP contribution in [-0.2, 0) is 0 Å². The van der Waals surface area contributed by atoms with E-state index in [0.717, 1.165) is 5.56 Å². The van der Waals surface area contributed by atoms with Crippen LogP contribution >= 0.6 is 0 Å². The molecule has 0 radical (unpaired) electrons. The molecular formula is C16H19NO3. The molecule has 0 aromatic heterocycles. The van der Waals surface area contributed by atoms with Gasteiger partial charge in [-0.3, -0.25) is 4.79 Å². The summed E-state index contributed by atoms with van der Waals surface area (Å²) in [4.78, 5) is 14.3. The van der Waals surface area contributed by atoms with E-state index in [4.69, 9.17) is 5.11 Å². The van der Waals surface area contributed by atoms with Crippen molar-refractivity contribution in [2.45, 2.75) is 25.9 Å². The van der Waals surface area contributed by atoms with Crippen LogP contribution < -0.4 is 0 Å². The molecule has 1 amide bonds. The molecule has 0 aliphatic carbocycles. The number of hydrogen-bond acceptors (Lipinski definition) is 3. The fourth-order valence-electron chi connectivity index (χ4n) is 2.32. The van der Waals surface area contributed by atoms with E-state index in [1.807, 2.05) is 19.1 Å². The lowest BCUT2D eigenvalue weighted by molar-refractivity contribution is 0.0546. The Balaban J connectivity index is 2.25. The Morgan fingerprint density at radius 1 is 1.40 bits per heavy atom. The number of aryl methyl sites for hydroxylation is 1. The first-order valence-corrected chi connectivity index (χ1v) is 6.79. The summed E-state index contributed by atoms with van der Waals surface area (Å²) in [5.74, 6) is 5.37. The third kappa shape index (κ3) is 3.38. The van der Waals surface area contributed by atoms with E-state index in [1.165, 1.54) is 0 Å². The Kier molecular flexibility index (Phi) is 4.78. The molecule has 2 N–H and O–H groups in total. The minimum absolute atomic E-state index is 0.0564. The van der Waals surface area contributed by atoms with Crippen molar-refractivity contribution in [3.05, 3.63) is 34.9 Å². The van der Waals surface area contributed by atoms with Crippen LogP contribution in [-0.4, -0.2) is 46.8 Å². The molecule has 0 unspecified atom stereocenters. The Bertz CT molecular complexity index is 549. The van der Waals surface area contributed by atoms with Crippen LogP contribution in [0.25, 0.3) is 0 Å². The molecule has 1 aromatic carbocycles. The standard InChI is InChI=1S/C16H19NO3/c1-12-4-5-15(13(11-12)3-2-10-18)16(20)17-8-6-14(19)7-9-17/h4-5,11,14,18-19H,6-10H2,1H3. The molecule has 0 bridgehead atoms. The quantitative estimate of drug-likeness (QED) is 0.749. The fraction of sp³-hybridized carbons (Fsp3) is 0.438. The normalized spacial score (nSPS) is 15.7. The minimum atomic E-state index is -0.300. The molecule has 1 aliphatic heterocycles. The molecule has 106 valence electrons. The van der Waals surface area contributed by atoms with Crippen LogP contribution in [0.5, 0.6) is 0 Å². The number of hydrogen-bond donors (Lipinski definition) is 2. The van der Waals surface area contributed by atoms with Crippen LogP contribution in [0, 0.1) is 18.8 Å². The first kappa shape index (κ1) is 14.6. The van der Waals surface area contributed by atoms with E-state index >= 15 is 0 Å². The van der Waals surface area contributed by atoms with Crippen molar-refractivity contribution in [3.8, 4) is 11.8 Å². The number of piperidine rings is 1. The van der Waals surface area contributed by atoms with Crippen LogP contribution in [0.1, 0.15) is 34.3 Å². The van der Waals surface area contributed by atoms with Gasteiger partial charge in [0.15, 0.2) is 0 Å². The van der Waals surface area contributed by atoms with Gasteiger partial charge in [-0.05, 0) is 37.5 Å². The maximum atomic E-state index is 12.5. The topological polar surface area (TPSA) is 60.8 Å². The van der Waals surface area contributed by atoms with Gasteiger partial charge in [0.25, 0.3) is 5.91 Å². The molecule has 2 rings (SSSR count). The zero-order valence-corrected chi connectivity index (χ0v) is 11.6. The Labute approximate surface area is 119 Å². The number of carbonyl (C=O) groups excluding carboxylic acids is 1. The Morgan fingerprint density at radius 2 is 2.10 bits per heavy atom. The van der Waals surface area contributed by atoms with Crippen LogP contribution in [0.4, 0.5) is 0 Å². The summed E-state index contributed by atoms with van der Waals surface area (Å²) in [6, 6.07) is 5.52. The van der Waals surface area contributed by atoms with E-state index in [1.54, 1.807) is 11.0 Å². The third-order valence-electron chi connectivity index (χ3n) is 3.46. The van der Waals surface area contributed by atoms with Gasteiger partial charge in [-0.15, -0.1) is 0 Å². The molecule has 0 atom stereocenters. The van der Waals surface area contributed by atoms with Crippen molar-refractivity contribution < 1.29 is 15.0 Å². The van der Waals surface area contributed by atoms with Gasteiger partial charge in [-0.1, -0.05) is 17.9 Å². The Morgan fingerprint density at radius 3 is 2.75 bits per heavy atom. The number of likely N-dealkylation sites (tertiary alicyclic amines) is 1. The predicted octanol–water partition coefficient (Wildman–Crippen LogP) is 0.936. The van der Waals surface area contributed by atoms with Gasteiger partial charge in [0, 0.05) is 18.7 Å². The number of benzene rings is 1. The maximum Gasteiger partial charge on any atom is 0.255 e. The first-order chi connectivity index (χ1) is 9.61. The molecule has 20 heavy (non-hydrogen) atoms. The van der Waals surface area contributed by atoms with Gasteiger partial charge in [0.2, 0.25) is 0 Å². The first-order valence-electron chi connectivity index (χ1n) is 6.79. The van der Waals surface area contributed by atoms with Crippen molar-refractivity contribution in [3.63, 3.8) is 0 Å². The molecule has 1 saturated heterocycles. The van der Waals surface area contributed by atoms with Gasteiger partial charge >= 0.3 is 0 Å². The molecular weight excluding hydrogens is 254 g/mol. The molecule has 1 heterocycles. The summed E-state index contributed by atoms with van der Waals surface area (Å²) in [7, 11) is 0. The predicted molar refractivity (Wildman–Crippen MR) is 76.3 cm³/mol. The van der Waals surface area contributed by atoms with Gasteiger partial charge in [-0.2, -0.15) is 0 Å². The molecule has 0 spiro atoms. The van der Waals surface area contributed by atoms with E-state index < -0.39 is 0 Å². The number of amides is 1.